The molecule has 1 aliphatic carbocycles. The number of hydrogen-bond donors (Lipinski definition) is 0. The summed E-state index contributed by atoms with van der Waals surface area (Å²) in [7, 11) is 0. The number of Topliss-reactive ketones (excluding diaryl/α,β-unsaturated/α-hetero) is 2. The van der Waals surface area contributed by atoms with Gasteiger partial charge >= 0.3 is 0 Å². The highest BCUT2D eigenvalue weighted by Gasteiger charge is 2.36. The minimum absolute atomic E-state index is 0.0362. The van der Waals surface area contributed by atoms with E-state index in [2.05, 4.69) is 46.8 Å². The van der Waals surface area contributed by atoms with Gasteiger partial charge in [-0.15, -0.1) is 0 Å². The van der Waals surface area contributed by atoms with Gasteiger partial charge in [-0.25, -0.2) is 0 Å². The normalized spacial score (nSPS) is 16.6. The Kier molecular flexibility index (Phi) is 8.43. The van der Waals surface area contributed by atoms with E-state index in [9.17, 15) is 9.59 Å². The number of unbranched alkanes of at least 4 members (excludes halogenated alkanes) is 2. The molecule has 1 saturated carbocycles. The van der Waals surface area contributed by atoms with Crippen LogP contribution in [0.2, 0.25) is 0 Å². The first kappa shape index (κ1) is 23.6. The highest BCUT2D eigenvalue weighted by Crippen LogP contribution is 2.49. The lowest BCUT2D eigenvalue weighted by Crippen LogP contribution is -2.20. The molecule has 0 radical (unpaired) electrons. The van der Waals surface area contributed by atoms with Crippen molar-refractivity contribution < 1.29 is 9.59 Å². The van der Waals surface area contributed by atoms with E-state index in [-0.39, 0.29) is 11.2 Å². The number of aryl methyl sites for hydroxylation is 3. The van der Waals surface area contributed by atoms with Gasteiger partial charge in [-0.1, -0.05) is 62.8 Å². The van der Waals surface area contributed by atoms with Crippen molar-refractivity contribution in [2.45, 2.75) is 106 Å². The van der Waals surface area contributed by atoms with E-state index in [4.69, 9.17) is 0 Å². The monoisotopic (exact) mass is 396 g/mol. The Labute approximate surface area is 178 Å². The average Bonchev–Trinajstić information content (AvgIpc) is 3.07. The number of benzene rings is 1. The number of hydrogen-bond acceptors (Lipinski definition) is 2. The molecule has 1 aliphatic rings. The van der Waals surface area contributed by atoms with Gasteiger partial charge in [0.15, 0.2) is 5.78 Å². The maximum Gasteiger partial charge on any atom is 0.160 e. The Hall–Kier alpha value is -1.70. The van der Waals surface area contributed by atoms with Crippen LogP contribution in [0.15, 0.2) is 17.7 Å². The first-order valence-corrected chi connectivity index (χ1v) is 11.5. The molecule has 0 aliphatic heterocycles. The van der Waals surface area contributed by atoms with Crippen LogP contribution in [0.4, 0.5) is 0 Å². The van der Waals surface area contributed by atoms with E-state index >= 15 is 0 Å². The Morgan fingerprint density at radius 2 is 1.52 bits per heavy atom. The molecule has 0 bridgehead atoms. The van der Waals surface area contributed by atoms with Gasteiger partial charge in [0.1, 0.15) is 5.78 Å². The largest absolute Gasteiger partial charge is 0.300 e. The summed E-state index contributed by atoms with van der Waals surface area (Å²) in [5, 5.41) is 0. The van der Waals surface area contributed by atoms with Gasteiger partial charge in [-0.3, -0.25) is 9.59 Å². The number of ketones is 2. The molecule has 1 aromatic carbocycles. The summed E-state index contributed by atoms with van der Waals surface area (Å²) < 4.78 is 0. The second-order valence-corrected chi connectivity index (χ2v) is 9.45. The van der Waals surface area contributed by atoms with E-state index in [0.717, 1.165) is 49.7 Å². The van der Waals surface area contributed by atoms with Gasteiger partial charge in [-0.05, 0) is 75.5 Å². The topological polar surface area (TPSA) is 34.1 Å². The highest BCUT2D eigenvalue weighted by molar-refractivity contribution is 6.21. The molecule has 0 amide bonds. The third-order valence-corrected chi connectivity index (χ3v) is 6.73. The number of carbonyl (C=O) groups is 2. The zero-order chi connectivity index (χ0) is 21.6. The van der Waals surface area contributed by atoms with Crippen LogP contribution >= 0.6 is 0 Å². The lowest BCUT2D eigenvalue weighted by molar-refractivity contribution is -0.119. The molecule has 2 heteroatoms. The average molecular weight is 397 g/mol. The molecule has 0 aromatic heterocycles. The molecule has 0 saturated heterocycles. The van der Waals surface area contributed by atoms with Crippen LogP contribution in [0.5, 0.6) is 0 Å². The van der Waals surface area contributed by atoms with E-state index in [1.165, 1.54) is 35.1 Å². The van der Waals surface area contributed by atoms with Crippen molar-refractivity contribution in [2.24, 2.45) is 5.41 Å². The second kappa shape index (κ2) is 10.4. The number of rotatable bonds is 10. The maximum atomic E-state index is 13.0. The molecule has 160 valence electrons. The van der Waals surface area contributed by atoms with E-state index < -0.39 is 0 Å². The molecule has 1 aromatic rings. The van der Waals surface area contributed by atoms with Crippen molar-refractivity contribution >= 4 is 17.1 Å². The maximum absolute atomic E-state index is 13.0. The fraction of sp³-hybridized carbons (Fsp3) is 0.630. The minimum atomic E-state index is 0.0362. The third kappa shape index (κ3) is 5.90. The molecular formula is C27H40O2. The van der Waals surface area contributed by atoms with Crippen LogP contribution in [0, 0.1) is 26.2 Å². The van der Waals surface area contributed by atoms with Gasteiger partial charge in [0.05, 0.1) is 0 Å². The first-order valence-electron chi connectivity index (χ1n) is 11.5. The van der Waals surface area contributed by atoms with Crippen molar-refractivity contribution in [3.63, 3.8) is 0 Å². The summed E-state index contributed by atoms with van der Waals surface area (Å²) >= 11 is 0. The van der Waals surface area contributed by atoms with E-state index in [1.54, 1.807) is 6.92 Å². The zero-order valence-electron chi connectivity index (χ0n) is 19.5. The fourth-order valence-electron chi connectivity index (χ4n) is 5.26. The lowest BCUT2D eigenvalue weighted by atomic mass is 9.72. The van der Waals surface area contributed by atoms with Gasteiger partial charge in [-0.2, -0.15) is 0 Å². The molecule has 0 N–H and O–H groups in total. The van der Waals surface area contributed by atoms with Crippen molar-refractivity contribution in [1.82, 2.24) is 0 Å². The Morgan fingerprint density at radius 1 is 0.931 bits per heavy atom. The smallest absolute Gasteiger partial charge is 0.160 e. The van der Waals surface area contributed by atoms with Gasteiger partial charge in [0.25, 0.3) is 0 Å². The SMILES string of the molecule is CCCCCC(=O)CC/C(=C(/C(C)=O)c1c(C)cc(C)cc1C)C1(C)CCCC1. The molecule has 0 spiro atoms. The van der Waals surface area contributed by atoms with Crippen molar-refractivity contribution in [1.29, 1.82) is 0 Å². The molecule has 0 heterocycles. The summed E-state index contributed by atoms with van der Waals surface area (Å²) in [6.45, 7) is 12.5. The quantitative estimate of drug-likeness (QED) is 0.304. The van der Waals surface area contributed by atoms with Crippen molar-refractivity contribution in [3.8, 4) is 0 Å². The van der Waals surface area contributed by atoms with Gasteiger partial charge < -0.3 is 0 Å². The summed E-state index contributed by atoms with van der Waals surface area (Å²) in [6.07, 6.45) is 9.86. The van der Waals surface area contributed by atoms with Crippen LogP contribution in [0.25, 0.3) is 5.57 Å². The molecule has 2 rings (SSSR count). The minimum Gasteiger partial charge on any atom is -0.300 e. The summed E-state index contributed by atoms with van der Waals surface area (Å²) in [5.74, 6) is 0.486. The van der Waals surface area contributed by atoms with Crippen LogP contribution in [-0.4, -0.2) is 11.6 Å². The standard InChI is InChI=1S/C27H40O2/c1-7-8-9-12-23(29)13-14-24(27(6)15-10-11-16-27)26(22(5)28)25-20(3)17-19(2)18-21(25)4/h17-18H,7-16H2,1-6H3/b26-24+. The summed E-state index contributed by atoms with van der Waals surface area (Å²) in [5.41, 5.74) is 6.83. The second-order valence-electron chi connectivity index (χ2n) is 9.45. The van der Waals surface area contributed by atoms with E-state index in [0.29, 0.717) is 18.6 Å². The molecule has 0 atom stereocenters. The summed E-state index contributed by atoms with van der Waals surface area (Å²) in [4.78, 5) is 25.5. The lowest BCUT2D eigenvalue weighted by Gasteiger charge is -2.31. The predicted octanol–water partition coefficient (Wildman–Crippen LogP) is 7.46. The molecule has 29 heavy (non-hydrogen) atoms. The number of carbonyl (C=O) groups excluding carboxylic acids is 2. The molecule has 0 unspecified atom stereocenters. The van der Waals surface area contributed by atoms with Crippen LogP contribution in [0.3, 0.4) is 0 Å². The van der Waals surface area contributed by atoms with Crippen LogP contribution in [0.1, 0.15) is 107 Å². The summed E-state index contributed by atoms with van der Waals surface area (Å²) in [6, 6.07) is 4.35. The van der Waals surface area contributed by atoms with Crippen molar-refractivity contribution in [3.05, 3.63) is 40.0 Å². The fourth-order valence-corrected chi connectivity index (χ4v) is 5.26. The van der Waals surface area contributed by atoms with Crippen molar-refractivity contribution in [2.75, 3.05) is 0 Å². The Morgan fingerprint density at radius 3 is 2.03 bits per heavy atom. The van der Waals surface area contributed by atoms with Crippen LogP contribution < -0.4 is 0 Å². The Bertz CT molecular complexity index is 753. The first-order chi connectivity index (χ1) is 13.7. The van der Waals surface area contributed by atoms with Gasteiger partial charge in [0.2, 0.25) is 0 Å². The molecular weight excluding hydrogens is 356 g/mol. The van der Waals surface area contributed by atoms with Gasteiger partial charge in [0, 0.05) is 18.4 Å². The molecule has 2 nitrogen and oxygen atoms in total. The zero-order valence-corrected chi connectivity index (χ0v) is 19.5. The Balaban J connectivity index is 2.49. The van der Waals surface area contributed by atoms with E-state index in [1.807, 2.05) is 0 Å². The number of allylic oxidation sites excluding steroid dienone is 2. The predicted molar refractivity (Wildman–Crippen MR) is 123 cm³/mol. The van der Waals surface area contributed by atoms with Crippen LogP contribution in [-0.2, 0) is 9.59 Å². The third-order valence-electron chi connectivity index (χ3n) is 6.73. The molecule has 1 fully saturated rings. The highest BCUT2D eigenvalue weighted by atomic mass is 16.1.